The molecule has 3 nitrogen and oxygen atoms in total. The van der Waals surface area contributed by atoms with Crippen LogP contribution in [0, 0.1) is 30.1 Å². The number of nitrogens with zero attached hydrogens (tertiary/aromatic N) is 1. The van der Waals surface area contributed by atoms with Gasteiger partial charge in [-0.1, -0.05) is 25.1 Å². The van der Waals surface area contributed by atoms with Crippen LogP contribution in [0.5, 0.6) is 0 Å². The lowest BCUT2D eigenvalue weighted by Gasteiger charge is -2.30. The van der Waals surface area contributed by atoms with Crippen molar-refractivity contribution in [2.24, 2.45) is 11.8 Å². The molecule has 0 amide bonds. The quantitative estimate of drug-likeness (QED) is 0.834. The van der Waals surface area contributed by atoms with Crippen molar-refractivity contribution in [3.63, 3.8) is 0 Å². The fourth-order valence-corrected chi connectivity index (χ4v) is 5.18. The Bertz CT molecular complexity index is 601. The number of sulfone groups is 1. The second-order valence-electron chi connectivity index (χ2n) is 5.50. The zero-order valence-corrected chi connectivity index (χ0v) is 12.2. The molecule has 2 rings (SSSR count). The maximum absolute atomic E-state index is 12.8. The van der Waals surface area contributed by atoms with Gasteiger partial charge in [-0.2, -0.15) is 5.26 Å². The van der Waals surface area contributed by atoms with Crippen LogP contribution >= 0.6 is 0 Å². The number of nitriles is 1. The summed E-state index contributed by atoms with van der Waals surface area (Å²) in [5.74, 6) is -0.00537. The second kappa shape index (κ2) is 5.34. The first-order chi connectivity index (χ1) is 8.96. The zero-order chi connectivity index (χ0) is 14.0. The summed E-state index contributed by atoms with van der Waals surface area (Å²) < 4.78 is 25.5. The molecule has 102 valence electrons. The van der Waals surface area contributed by atoms with E-state index in [0.29, 0.717) is 23.7 Å². The minimum Gasteiger partial charge on any atom is -0.223 e. The van der Waals surface area contributed by atoms with E-state index in [2.05, 4.69) is 13.0 Å². The average Bonchev–Trinajstić information content (AvgIpc) is 2.39. The van der Waals surface area contributed by atoms with E-state index < -0.39 is 15.1 Å². The predicted molar refractivity (Wildman–Crippen MR) is 74.3 cm³/mol. The summed E-state index contributed by atoms with van der Waals surface area (Å²) in [4.78, 5) is 0.384. The molecule has 3 atom stereocenters. The Balaban J connectivity index is 2.44. The van der Waals surface area contributed by atoms with Crippen molar-refractivity contribution < 1.29 is 8.42 Å². The molecule has 1 aliphatic rings. The van der Waals surface area contributed by atoms with E-state index in [1.165, 1.54) is 0 Å². The van der Waals surface area contributed by atoms with Crippen molar-refractivity contribution in [1.29, 1.82) is 5.26 Å². The fourth-order valence-electron chi connectivity index (χ4n) is 2.86. The third kappa shape index (κ3) is 2.66. The van der Waals surface area contributed by atoms with Crippen molar-refractivity contribution in [2.45, 2.75) is 43.3 Å². The maximum atomic E-state index is 12.8. The van der Waals surface area contributed by atoms with Gasteiger partial charge in [0.05, 0.1) is 22.1 Å². The molecule has 19 heavy (non-hydrogen) atoms. The van der Waals surface area contributed by atoms with Gasteiger partial charge >= 0.3 is 0 Å². The van der Waals surface area contributed by atoms with Crippen molar-refractivity contribution >= 4 is 9.84 Å². The fraction of sp³-hybridized carbons (Fsp3) is 0.533. The summed E-state index contributed by atoms with van der Waals surface area (Å²) in [6.07, 6.45) is 2.22. The Morgan fingerprint density at radius 3 is 2.58 bits per heavy atom. The van der Waals surface area contributed by atoms with Gasteiger partial charge in [0.25, 0.3) is 0 Å². The topological polar surface area (TPSA) is 57.9 Å². The Labute approximate surface area is 115 Å². The molecule has 1 aromatic rings. The van der Waals surface area contributed by atoms with Gasteiger partial charge in [0, 0.05) is 0 Å². The normalized spacial score (nSPS) is 27.7. The van der Waals surface area contributed by atoms with E-state index in [1.54, 1.807) is 25.1 Å². The largest absolute Gasteiger partial charge is 0.223 e. The molecule has 1 fully saturated rings. The van der Waals surface area contributed by atoms with Gasteiger partial charge in [-0.05, 0) is 43.7 Å². The molecule has 3 unspecified atom stereocenters. The van der Waals surface area contributed by atoms with Crippen LogP contribution in [0.2, 0.25) is 0 Å². The highest BCUT2D eigenvalue weighted by molar-refractivity contribution is 7.92. The van der Waals surface area contributed by atoms with E-state index in [9.17, 15) is 13.7 Å². The van der Waals surface area contributed by atoms with E-state index >= 15 is 0 Å². The molecule has 0 saturated heterocycles. The molecule has 1 saturated carbocycles. The highest BCUT2D eigenvalue weighted by Crippen LogP contribution is 2.36. The molecular weight excluding hydrogens is 258 g/mol. The van der Waals surface area contributed by atoms with Crippen molar-refractivity contribution in [1.82, 2.24) is 0 Å². The van der Waals surface area contributed by atoms with Crippen LogP contribution in [0.4, 0.5) is 0 Å². The first-order valence-corrected chi connectivity index (χ1v) is 8.20. The molecular formula is C15H19NO2S. The smallest absolute Gasteiger partial charge is 0.182 e. The van der Waals surface area contributed by atoms with Crippen LogP contribution in [0.25, 0.3) is 0 Å². The van der Waals surface area contributed by atoms with Crippen LogP contribution in [0.1, 0.15) is 31.7 Å². The minimum atomic E-state index is -3.41. The van der Waals surface area contributed by atoms with Crippen LogP contribution < -0.4 is 0 Å². The maximum Gasteiger partial charge on any atom is 0.182 e. The lowest BCUT2D eigenvalue weighted by atomic mass is 9.83. The predicted octanol–water partition coefficient (Wildman–Crippen LogP) is 3.10. The molecule has 0 heterocycles. The molecule has 0 aliphatic heterocycles. The third-order valence-electron chi connectivity index (χ3n) is 4.02. The minimum absolute atomic E-state index is 0.369. The van der Waals surface area contributed by atoms with Gasteiger partial charge in [0.15, 0.2) is 9.84 Å². The Kier molecular flexibility index (Phi) is 3.96. The van der Waals surface area contributed by atoms with Gasteiger partial charge in [0.1, 0.15) is 0 Å². The highest BCUT2D eigenvalue weighted by Gasteiger charge is 2.39. The molecule has 0 aromatic heterocycles. The lowest BCUT2D eigenvalue weighted by molar-refractivity contribution is 0.334. The van der Waals surface area contributed by atoms with Gasteiger partial charge in [-0.25, -0.2) is 8.42 Å². The van der Waals surface area contributed by atoms with Gasteiger partial charge in [-0.15, -0.1) is 0 Å². The van der Waals surface area contributed by atoms with Gasteiger partial charge < -0.3 is 0 Å². The number of benzene rings is 1. The summed E-state index contributed by atoms with van der Waals surface area (Å²) in [6.45, 7) is 3.87. The lowest BCUT2D eigenvalue weighted by Crippen LogP contribution is -2.35. The number of hydrogen-bond donors (Lipinski definition) is 0. The molecule has 0 spiro atoms. The van der Waals surface area contributed by atoms with Crippen LogP contribution in [0.3, 0.4) is 0 Å². The Morgan fingerprint density at radius 1 is 1.26 bits per heavy atom. The molecule has 1 aromatic carbocycles. The van der Waals surface area contributed by atoms with Gasteiger partial charge in [0.2, 0.25) is 0 Å². The SMILES string of the molecule is Cc1ccccc1S(=O)(=O)C1CC(C)CCC1C#N. The van der Waals surface area contributed by atoms with E-state index in [-0.39, 0.29) is 5.92 Å². The summed E-state index contributed by atoms with van der Waals surface area (Å²) >= 11 is 0. The molecule has 4 heteroatoms. The van der Waals surface area contributed by atoms with Crippen molar-refractivity contribution in [3.05, 3.63) is 29.8 Å². The Hall–Kier alpha value is -1.34. The van der Waals surface area contributed by atoms with E-state index in [0.717, 1.165) is 12.0 Å². The third-order valence-corrected chi connectivity index (χ3v) is 6.41. The number of hydrogen-bond acceptors (Lipinski definition) is 3. The van der Waals surface area contributed by atoms with Crippen LogP contribution in [0.15, 0.2) is 29.2 Å². The highest BCUT2D eigenvalue weighted by atomic mass is 32.2. The van der Waals surface area contributed by atoms with Gasteiger partial charge in [-0.3, -0.25) is 0 Å². The molecule has 0 radical (unpaired) electrons. The number of rotatable bonds is 2. The molecule has 1 aliphatic carbocycles. The number of aryl methyl sites for hydroxylation is 1. The van der Waals surface area contributed by atoms with Crippen molar-refractivity contribution in [3.8, 4) is 6.07 Å². The second-order valence-corrected chi connectivity index (χ2v) is 7.64. The summed E-state index contributed by atoms with van der Waals surface area (Å²) in [6, 6.07) is 9.22. The summed E-state index contributed by atoms with van der Waals surface area (Å²) in [5, 5.41) is 8.66. The van der Waals surface area contributed by atoms with Crippen molar-refractivity contribution in [2.75, 3.05) is 0 Å². The zero-order valence-electron chi connectivity index (χ0n) is 11.3. The Morgan fingerprint density at radius 2 is 1.95 bits per heavy atom. The standard InChI is InChI=1S/C15H19NO2S/c1-11-7-8-13(10-16)15(9-11)19(17,18)14-6-4-3-5-12(14)2/h3-6,11,13,15H,7-9H2,1-2H3. The summed E-state index contributed by atoms with van der Waals surface area (Å²) in [5.41, 5.74) is 0.761. The molecule has 0 N–H and O–H groups in total. The first kappa shape index (κ1) is 14.1. The van der Waals surface area contributed by atoms with Crippen LogP contribution in [-0.4, -0.2) is 13.7 Å². The molecule has 0 bridgehead atoms. The summed E-state index contributed by atoms with van der Waals surface area (Å²) in [7, 11) is -3.41. The average molecular weight is 277 g/mol. The van der Waals surface area contributed by atoms with E-state index in [4.69, 9.17) is 0 Å². The first-order valence-electron chi connectivity index (χ1n) is 6.66. The van der Waals surface area contributed by atoms with Crippen LogP contribution in [-0.2, 0) is 9.84 Å². The monoisotopic (exact) mass is 277 g/mol. The van der Waals surface area contributed by atoms with E-state index in [1.807, 2.05) is 6.07 Å².